The van der Waals surface area contributed by atoms with Crippen molar-refractivity contribution in [3.05, 3.63) is 62.0 Å². The number of rotatable bonds is 5. The minimum atomic E-state index is -0.525. The zero-order valence-electron chi connectivity index (χ0n) is 13.6. The number of aromatic nitrogens is 1. The molecule has 0 radical (unpaired) electrons. The first-order chi connectivity index (χ1) is 11.8. The fourth-order valence-electron chi connectivity index (χ4n) is 2.26. The predicted octanol–water partition coefficient (Wildman–Crippen LogP) is 2.21. The molecule has 0 aliphatic carbocycles. The Morgan fingerprint density at radius 3 is 2.60 bits per heavy atom. The van der Waals surface area contributed by atoms with Gasteiger partial charge >= 0.3 is 11.9 Å². The second kappa shape index (κ2) is 7.98. The predicted molar refractivity (Wildman–Crippen MR) is 92.4 cm³/mol. The molecule has 1 aromatic carbocycles. The molecular weight excluding hydrogens is 394 g/mol. The van der Waals surface area contributed by atoms with Crippen LogP contribution in [0.5, 0.6) is 5.75 Å². The lowest BCUT2D eigenvalue weighted by Gasteiger charge is -2.16. The van der Waals surface area contributed by atoms with Crippen molar-refractivity contribution in [3.8, 4) is 5.75 Å². The molecule has 0 amide bonds. The number of halogens is 1. The molecule has 0 fully saturated rings. The zero-order valence-corrected chi connectivity index (χ0v) is 15.2. The van der Waals surface area contributed by atoms with Crippen LogP contribution >= 0.6 is 15.9 Å². The van der Waals surface area contributed by atoms with Crippen LogP contribution in [0.3, 0.4) is 0 Å². The molecule has 0 saturated carbocycles. The first-order valence-electron chi connectivity index (χ1n) is 7.26. The Bertz CT molecular complexity index is 874. The minimum Gasteiger partial charge on any atom is -0.506 e. The summed E-state index contributed by atoms with van der Waals surface area (Å²) in [5.41, 5.74) is 0.653. The van der Waals surface area contributed by atoms with Crippen molar-refractivity contribution >= 4 is 27.9 Å². The molecule has 8 heteroatoms. The maximum atomic E-state index is 12.5. The summed E-state index contributed by atoms with van der Waals surface area (Å²) in [6.45, 7) is 1.10. The summed E-state index contributed by atoms with van der Waals surface area (Å²) in [5.74, 6) is -1.30. The van der Waals surface area contributed by atoms with Gasteiger partial charge in [0.2, 0.25) is 0 Å². The van der Waals surface area contributed by atoms with Crippen LogP contribution in [-0.4, -0.2) is 28.7 Å². The summed E-state index contributed by atoms with van der Waals surface area (Å²) in [7, 11) is 1.27. The van der Waals surface area contributed by atoms with Gasteiger partial charge in [0.25, 0.3) is 5.56 Å². The molecule has 0 atom stereocenters. The molecule has 0 saturated heterocycles. The van der Waals surface area contributed by atoms with Crippen molar-refractivity contribution in [2.24, 2.45) is 0 Å². The number of methoxy groups -OCH3 is 1. The number of pyridine rings is 1. The van der Waals surface area contributed by atoms with Crippen molar-refractivity contribution < 1.29 is 24.2 Å². The third-order valence-electron chi connectivity index (χ3n) is 3.48. The Kier molecular flexibility index (Phi) is 5.97. The topological polar surface area (TPSA) is 94.8 Å². The third kappa shape index (κ3) is 4.27. The monoisotopic (exact) mass is 409 g/mol. The van der Waals surface area contributed by atoms with Crippen LogP contribution in [0, 0.1) is 0 Å². The molecule has 1 N–H and O–H groups in total. The van der Waals surface area contributed by atoms with E-state index in [4.69, 9.17) is 9.47 Å². The molecule has 2 rings (SSSR count). The van der Waals surface area contributed by atoms with Gasteiger partial charge in [0.1, 0.15) is 16.8 Å². The van der Waals surface area contributed by atoms with Gasteiger partial charge in [-0.2, -0.15) is 0 Å². The fourth-order valence-corrected chi connectivity index (χ4v) is 2.59. The van der Waals surface area contributed by atoms with Gasteiger partial charge in [-0.1, -0.05) is 18.2 Å². The average Bonchev–Trinajstić information content (AvgIpc) is 2.60. The molecule has 0 bridgehead atoms. The van der Waals surface area contributed by atoms with E-state index in [1.54, 1.807) is 24.3 Å². The first kappa shape index (κ1) is 18.7. The van der Waals surface area contributed by atoms with Crippen molar-refractivity contribution in [2.45, 2.75) is 20.1 Å². The maximum absolute atomic E-state index is 12.5. The van der Waals surface area contributed by atoms with E-state index in [9.17, 15) is 19.5 Å². The SMILES string of the molecule is COC(=O)c1ccccc1Cn1c(COC(C)=O)cc(O)c(Br)c1=O. The van der Waals surface area contributed by atoms with Crippen molar-refractivity contribution in [2.75, 3.05) is 7.11 Å². The van der Waals surface area contributed by atoms with Gasteiger partial charge in [-0.05, 0) is 27.6 Å². The van der Waals surface area contributed by atoms with Gasteiger partial charge in [0, 0.05) is 13.0 Å². The van der Waals surface area contributed by atoms with Crippen LogP contribution in [0.15, 0.2) is 39.6 Å². The summed E-state index contributed by atoms with van der Waals surface area (Å²) >= 11 is 3.04. The fraction of sp³-hybridized carbons (Fsp3) is 0.235. The number of ether oxygens (including phenoxy) is 2. The van der Waals surface area contributed by atoms with Gasteiger partial charge in [0.05, 0.1) is 24.9 Å². The molecule has 0 aliphatic rings. The minimum absolute atomic E-state index is 0.0189. The number of esters is 2. The Morgan fingerprint density at radius 1 is 1.28 bits per heavy atom. The number of carbonyl (C=O) groups is 2. The highest BCUT2D eigenvalue weighted by molar-refractivity contribution is 9.10. The Labute approximate surface area is 151 Å². The van der Waals surface area contributed by atoms with E-state index in [2.05, 4.69) is 15.9 Å². The Morgan fingerprint density at radius 2 is 1.96 bits per heavy atom. The van der Waals surface area contributed by atoms with E-state index in [0.717, 1.165) is 0 Å². The summed E-state index contributed by atoms with van der Waals surface area (Å²) in [6.07, 6.45) is 0. The van der Waals surface area contributed by atoms with Gasteiger partial charge in [0.15, 0.2) is 0 Å². The number of nitrogens with zero attached hydrogens (tertiary/aromatic N) is 1. The third-order valence-corrected chi connectivity index (χ3v) is 4.23. The zero-order chi connectivity index (χ0) is 18.6. The molecule has 132 valence electrons. The molecule has 1 aromatic heterocycles. The van der Waals surface area contributed by atoms with Crippen LogP contribution in [0.4, 0.5) is 0 Å². The van der Waals surface area contributed by atoms with E-state index in [-0.39, 0.29) is 23.4 Å². The second-order valence-corrected chi connectivity index (χ2v) is 5.95. The molecule has 2 aromatic rings. The number of aromatic hydroxyl groups is 1. The molecule has 0 spiro atoms. The standard InChI is InChI=1S/C17H16BrNO6/c1-10(20)25-9-12-7-14(21)15(18)16(22)19(12)8-11-5-3-4-6-13(11)17(23)24-2/h3-7,21H,8-9H2,1-2H3. The molecule has 25 heavy (non-hydrogen) atoms. The largest absolute Gasteiger partial charge is 0.506 e. The van der Waals surface area contributed by atoms with E-state index < -0.39 is 17.5 Å². The number of carbonyl (C=O) groups excluding carboxylic acids is 2. The highest BCUT2D eigenvalue weighted by Gasteiger charge is 2.17. The molecule has 0 unspecified atom stereocenters. The maximum Gasteiger partial charge on any atom is 0.338 e. The van der Waals surface area contributed by atoms with Crippen LogP contribution in [0.2, 0.25) is 0 Å². The van der Waals surface area contributed by atoms with Crippen molar-refractivity contribution in [1.82, 2.24) is 4.57 Å². The Balaban J connectivity index is 2.52. The lowest BCUT2D eigenvalue weighted by atomic mass is 10.1. The quantitative estimate of drug-likeness (QED) is 0.760. The van der Waals surface area contributed by atoms with E-state index in [1.807, 2.05) is 0 Å². The van der Waals surface area contributed by atoms with Gasteiger partial charge in [-0.15, -0.1) is 0 Å². The first-order valence-corrected chi connectivity index (χ1v) is 8.05. The molecule has 1 heterocycles. The van der Waals surface area contributed by atoms with Crippen LogP contribution < -0.4 is 5.56 Å². The van der Waals surface area contributed by atoms with Gasteiger partial charge in [-0.3, -0.25) is 9.59 Å². The highest BCUT2D eigenvalue weighted by Crippen LogP contribution is 2.22. The lowest BCUT2D eigenvalue weighted by Crippen LogP contribution is -2.26. The molecular formula is C17H16BrNO6. The van der Waals surface area contributed by atoms with Crippen LogP contribution in [0.1, 0.15) is 28.5 Å². The summed E-state index contributed by atoms with van der Waals surface area (Å²) in [6, 6.07) is 8.02. The van der Waals surface area contributed by atoms with E-state index >= 15 is 0 Å². The Hall–Kier alpha value is -2.61. The average molecular weight is 410 g/mol. The summed E-state index contributed by atoms with van der Waals surface area (Å²) in [5, 5.41) is 9.84. The summed E-state index contributed by atoms with van der Waals surface area (Å²) in [4.78, 5) is 35.5. The van der Waals surface area contributed by atoms with E-state index in [0.29, 0.717) is 16.8 Å². The van der Waals surface area contributed by atoms with Crippen molar-refractivity contribution in [3.63, 3.8) is 0 Å². The normalized spacial score (nSPS) is 10.4. The smallest absolute Gasteiger partial charge is 0.338 e. The van der Waals surface area contributed by atoms with Gasteiger partial charge in [-0.25, -0.2) is 4.79 Å². The van der Waals surface area contributed by atoms with Crippen LogP contribution in [0.25, 0.3) is 0 Å². The highest BCUT2D eigenvalue weighted by atomic mass is 79.9. The number of benzene rings is 1. The van der Waals surface area contributed by atoms with Crippen LogP contribution in [-0.2, 0) is 27.4 Å². The number of hydrogen-bond donors (Lipinski definition) is 1. The van der Waals surface area contributed by atoms with E-state index in [1.165, 1.54) is 24.7 Å². The number of hydrogen-bond acceptors (Lipinski definition) is 6. The molecule has 7 nitrogen and oxygen atoms in total. The second-order valence-electron chi connectivity index (χ2n) is 5.16. The molecule has 0 aliphatic heterocycles. The summed E-state index contributed by atoms with van der Waals surface area (Å²) < 4.78 is 11.0. The van der Waals surface area contributed by atoms with Gasteiger partial charge < -0.3 is 19.1 Å². The lowest BCUT2D eigenvalue weighted by molar-refractivity contribution is -0.142. The van der Waals surface area contributed by atoms with Crippen molar-refractivity contribution in [1.29, 1.82) is 0 Å².